The second-order valence-corrected chi connectivity index (χ2v) is 2.96. The maximum atomic E-state index is 11.0. The second-order valence-electron chi connectivity index (χ2n) is 2.96. The Morgan fingerprint density at radius 3 is 2.47 bits per heavy atom. The zero-order valence-corrected chi connectivity index (χ0v) is 9.58. The summed E-state index contributed by atoms with van der Waals surface area (Å²) in [4.78, 5) is 11.0. The van der Waals surface area contributed by atoms with Crippen LogP contribution in [-0.4, -0.2) is 32.4 Å². The maximum Gasteiger partial charge on any atom is 0.372 e. The molecule has 0 radical (unpaired) electrons. The van der Waals surface area contributed by atoms with E-state index in [1.165, 1.54) is 0 Å². The lowest BCUT2D eigenvalue weighted by molar-refractivity contribution is -0.142. The van der Waals surface area contributed by atoms with Crippen molar-refractivity contribution in [3.8, 4) is 0 Å². The van der Waals surface area contributed by atoms with Crippen LogP contribution < -0.4 is 0 Å². The number of esters is 1. The molecule has 0 aromatic heterocycles. The standard InChI is InChI=1S/C11H20O4/c1-4-6-7-13-8-9-15-10(3)11(12)14-5-2/h3-9H2,1-2H3. The van der Waals surface area contributed by atoms with Gasteiger partial charge in [0.2, 0.25) is 0 Å². The minimum absolute atomic E-state index is 0.0379. The third-order valence-electron chi connectivity index (χ3n) is 1.65. The zero-order chi connectivity index (χ0) is 11.5. The Morgan fingerprint density at radius 1 is 1.13 bits per heavy atom. The summed E-state index contributed by atoms with van der Waals surface area (Å²) in [6.07, 6.45) is 2.15. The lowest BCUT2D eigenvalue weighted by Gasteiger charge is -2.08. The molecule has 0 unspecified atom stereocenters. The highest BCUT2D eigenvalue weighted by atomic mass is 16.6. The minimum Gasteiger partial charge on any atom is -0.485 e. The van der Waals surface area contributed by atoms with Gasteiger partial charge in [0.05, 0.1) is 13.2 Å². The fraction of sp³-hybridized carbons (Fsp3) is 0.727. The van der Waals surface area contributed by atoms with Crippen molar-refractivity contribution in [3.63, 3.8) is 0 Å². The van der Waals surface area contributed by atoms with Crippen LogP contribution in [0.1, 0.15) is 26.7 Å². The number of carbonyl (C=O) groups is 1. The predicted octanol–water partition coefficient (Wildman–Crippen LogP) is 1.90. The average molecular weight is 216 g/mol. The van der Waals surface area contributed by atoms with E-state index in [1.807, 2.05) is 0 Å². The molecule has 88 valence electrons. The molecule has 0 aliphatic rings. The van der Waals surface area contributed by atoms with Crippen LogP contribution in [0.4, 0.5) is 0 Å². The summed E-state index contributed by atoms with van der Waals surface area (Å²) in [5.74, 6) is -0.470. The molecule has 0 N–H and O–H groups in total. The third kappa shape index (κ3) is 8.00. The number of hydrogen-bond acceptors (Lipinski definition) is 4. The summed E-state index contributed by atoms with van der Waals surface area (Å²) in [6.45, 7) is 9.15. The highest BCUT2D eigenvalue weighted by Crippen LogP contribution is 1.97. The Bertz CT molecular complexity index is 189. The van der Waals surface area contributed by atoms with Gasteiger partial charge in [0.1, 0.15) is 6.61 Å². The number of rotatable bonds is 9. The fourth-order valence-electron chi connectivity index (χ4n) is 0.843. The number of ether oxygens (including phenoxy) is 3. The third-order valence-corrected chi connectivity index (χ3v) is 1.65. The lowest BCUT2D eigenvalue weighted by atomic mass is 10.4. The Balaban J connectivity index is 3.35. The van der Waals surface area contributed by atoms with Gasteiger partial charge in [-0.1, -0.05) is 13.3 Å². The molecular formula is C11H20O4. The first-order chi connectivity index (χ1) is 7.22. The summed E-state index contributed by atoms with van der Waals surface area (Å²) in [6, 6.07) is 0. The average Bonchev–Trinajstić information content (AvgIpc) is 2.23. The van der Waals surface area contributed by atoms with Crippen molar-refractivity contribution in [2.75, 3.05) is 26.4 Å². The SMILES string of the molecule is C=C(OCCOCCCC)C(=O)OCC. The maximum absolute atomic E-state index is 11.0. The molecule has 0 aromatic rings. The van der Waals surface area contributed by atoms with Gasteiger partial charge in [0.25, 0.3) is 0 Å². The highest BCUT2D eigenvalue weighted by Gasteiger charge is 2.07. The molecule has 0 bridgehead atoms. The number of carbonyl (C=O) groups excluding carboxylic acids is 1. The Labute approximate surface area is 91.2 Å². The van der Waals surface area contributed by atoms with Crippen LogP contribution in [0.3, 0.4) is 0 Å². The van der Waals surface area contributed by atoms with Crippen LogP contribution in [0, 0.1) is 0 Å². The molecule has 0 atom stereocenters. The van der Waals surface area contributed by atoms with E-state index >= 15 is 0 Å². The summed E-state index contributed by atoms with van der Waals surface area (Å²) < 4.78 is 15.0. The summed E-state index contributed by atoms with van der Waals surface area (Å²) >= 11 is 0. The van der Waals surface area contributed by atoms with Crippen LogP contribution in [0.5, 0.6) is 0 Å². The molecule has 15 heavy (non-hydrogen) atoms. The van der Waals surface area contributed by atoms with Gasteiger partial charge in [-0.25, -0.2) is 4.79 Å². The molecule has 4 heteroatoms. The minimum atomic E-state index is -0.508. The van der Waals surface area contributed by atoms with E-state index in [0.717, 1.165) is 19.4 Å². The van der Waals surface area contributed by atoms with E-state index in [1.54, 1.807) is 6.92 Å². The van der Waals surface area contributed by atoms with Crippen LogP contribution in [0.2, 0.25) is 0 Å². The second kappa shape index (κ2) is 9.52. The topological polar surface area (TPSA) is 44.8 Å². The van der Waals surface area contributed by atoms with Gasteiger partial charge in [0, 0.05) is 6.61 Å². The first-order valence-corrected chi connectivity index (χ1v) is 5.28. The van der Waals surface area contributed by atoms with Gasteiger partial charge in [-0.3, -0.25) is 0 Å². The summed E-state index contributed by atoms with van der Waals surface area (Å²) in [5.41, 5.74) is 0. The quantitative estimate of drug-likeness (QED) is 0.255. The smallest absolute Gasteiger partial charge is 0.372 e. The normalized spacial score (nSPS) is 9.73. The summed E-state index contributed by atoms with van der Waals surface area (Å²) in [5, 5.41) is 0. The van der Waals surface area contributed by atoms with Crippen molar-refractivity contribution in [3.05, 3.63) is 12.3 Å². The molecule has 0 saturated carbocycles. The van der Waals surface area contributed by atoms with Crippen LogP contribution in [-0.2, 0) is 19.0 Å². The molecule has 0 aliphatic heterocycles. The lowest BCUT2D eigenvalue weighted by Crippen LogP contribution is -2.12. The van der Waals surface area contributed by atoms with Gasteiger partial charge in [-0.05, 0) is 19.9 Å². The monoisotopic (exact) mass is 216 g/mol. The van der Waals surface area contributed by atoms with Crippen molar-refractivity contribution in [1.29, 1.82) is 0 Å². The molecule has 0 aliphatic carbocycles. The van der Waals surface area contributed by atoms with Gasteiger partial charge >= 0.3 is 5.97 Å². The Kier molecular flexibility index (Phi) is 8.87. The number of hydrogen-bond donors (Lipinski definition) is 0. The summed E-state index contributed by atoms with van der Waals surface area (Å²) in [7, 11) is 0. The van der Waals surface area contributed by atoms with Crippen molar-refractivity contribution in [2.45, 2.75) is 26.7 Å². The van der Waals surface area contributed by atoms with Crippen molar-refractivity contribution < 1.29 is 19.0 Å². The van der Waals surface area contributed by atoms with Crippen molar-refractivity contribution in [1.82, 2.24) is 0 Å². The first kappa shape index (κ1) is 14.0. The van der Waals surface area contributed by atoms with Crippen molar-refractivity contribution in [2.24, 2.45) is 0 Å². The van der Waals surface area contributed by atoms with Gasteiger partial charge in [0.15, 0.2) is 5.76 Å². The molecule has 0 aromatic carbocycles. The zero-order valence-electron chi connectivity index (χ0n) is 9.58. The van der Waals surface area contributed by atoms with Gasteiger partial charge < -0.3 is 14.2 Å². The van der Waals surface area contributed by atoms with Gasteiger partial charge in [-0.15, -0.1) is 0 Å². The molecular weight excluding hydrogens is 196 g/mol. The van der Waals surface area contributed by atoms with Crippen LogP contribution in [0.25, 0.3) is 0 Å². The molecule has 4 nitrogen and oxygen atoms in total. The number of unbranched alkanes of at least 4 members (excludes halogenated alkanes) is 1. The van der Waals surface area contributed by atoms with E-state index in [0.29, 0.717) is 19.8 Å². The highest BCUT2D eigenvalue weighted by molar-refractivity contribution is 5.85. The van der Waals surface area contributed by atoms with E-state index in [4.69, 9.17) is 14.2 Å². The van der Waals surface area contributed by atoms with E-state index in [2.05, 4.69) is 13.5 Å². The molecule has 0 fully saturated rings. The van der Waals surface area contributed by atoms with Crippen LogP contribution >= 0.6 is 0 Å². The predicted molar refractivity (Wildman–Crippen MR) is 57.5 cm³/mol. The Hall–Kier alpha value is -1.03. The molecule has 0 heterocycles. The molecule has 0 rings (SSSR count). The van der Waals surface area contributed by atoms with E-state index < -0.39 is 5.97 Å². The largest absolute Gasteiger partial charge is 0.485 e. The molecule has 0 amide bonds. The first-order valence-electron chi connectivity index (χ1n) is 5.28. The Morgan fingerprint density at radius 2 is 1.87 bits per heavy atom. The van der Waals surface area contributed by atoms with E-state index in [-0.39, 0.29) is 5.76 Å². The van der Waals surface area contributed by atoms with Crippen LogP contribution in [0.15, 0.2) is 12.3 Å². The van der Waals surface area contributed by atoms with Gasteiger partial charge in [-0.2, -0.15) is 0 Å². The van der Waals surface area contributed by atoms with Crippen molar-refractivity contribution >= 4 is 5.97 Å². The van der Waals surface area contributed by atoms with E-state index in [9.17, 15) is 4.79 Å². The fourth-order valence-corrected chi connectivity index (χ4v) is 0.843. The molecule has 0 spiro atoms. The molecule has 0 saturated heterocycles.